The molecule has 1 atom stereocenters. The molecule has 1 saturated carbocycles. The first kappa shape index (κ1) is 23.7. The number of amides is 1. The fourth-order valence-corrected chi connectivity index (χ4v) is 4.45. The van der Waals surface area contributed by atoms with Crippen LogP contribution in [0.2, 0.25) is 0 Å². The van der Waals surface area contributed by atoms with Crippen molar-refractivity contribution in [2.75, 3.05) is 13.2 Å². The van der Waals surface area contributed by atoms with E-state index in [1.165, 1.54) is 6.08 Å². The third kappa shape index (κ3) is 5.43. The number of hydrogen-bond donors (Lipinski definition) is 1. The molecule has 5 rings (SSSR count). The van der Waals surface area contributed by atoms with E-state index in [4.69, 9.17) is 19.3 Å². The summed E-state index contributed by atoms with van der Waals surface area (Å²) in [6.45, 7) is 2.59. The summed E-state index contributed by atoms with van der Waals surface area (Å²) in [6.07, 6.45) is 8.14. The fourth-order valence-electron chi connectivity index (χ4n) is 4.45. The number of hydrogen-bond acceptors (Lipinski definition) is 6. The maximum atomic E-state index is 12.5. The summed E-state index contributed by atoms with van der Waals surface area (Å²) in [5.74, 6) is 0.490. The molecule has 2 aromatic carbocycles. The van der Waals surface area contributed by atoms with Crippen molar-refractivity contribution in [1.82, 2.24) is 15.1 Å². The summed E-state index contributed by atoms with van der Waals surface area (Å²) in [6, 6.07) is 15.5. The monoisotopic (exact) mass is 487 g/mol. The Morgan fingerprint density at radius 2 is 1.83 bits per heavy atom. The van der Waals surface area contributed by atoms with Gasteiger partial charge >= 0.3 is 5.97 Å². The number of fused-ring (bicyclic) bond motifs is 1. The molecule has 1 amide bonds. The lowest BCUT2D eigenvalue weighted by Crippen LogP contribution is -2.40. The molecule has 1 fully saturated rings. The standard InChI is InChI=1S/C28H29N3O5/c1-19(28(33)29-22-7-5-6-8-22)36-26(32)14-12-21-18-31(23-9-3-2-4-10-23)30-27(21)20-11-13-24-25(17-20)35-16-15-34-24/h2-4,9-14,17-19,22H,5-8,15-16H2,1H3,(H,29,33). The van der Waals surface area contributed by atoms with Crippen molar-refractivity contribution in [2.24, 2.45) is 0 Å². The first-order valence-electron chi connectivity index (χ1n) is 12.3. The summed E-state index contributed by atoms with van der Waals surface area (Å²) in [4.78, 5) is 24.9. The van der Waals surface area contributed by atoms with Crippen LogP contribution in [0.1, 0.15) is 38.2 Å². The van der Waals surface area contributed by atoms with Gasteiger partial charge in [-0.25, -0.2) is 9.48 Å². The van der Waals surface area contributed by atoms with E-state index in [1.54, 1.807) is 17.7 Å². The molecule has 3 aromatic rings. The van der Waals surface area contributed by atoms with Gasteiger partial charge in [0.25, 0.3) is 5.91 Å². The predicted molar refractivity (Wildman–Crippen MR) is 135 cm³/mol. The van der Waals surface area contributed by atoms with Crippen LogP contribution in [0.15, 0.2) is 60.8 Å². The second-order valence-electron chi connectivity index (χ2n) is 8.97. The Bertz CT molecular complexity index is 1260. The number of rotatable bonds is 7. The zero-order chi connectivity index (χ0) is 24.9. The van der Waals surface area contributed by atoms with Gasteiger partial charge in [-0.3, -0.25) is 4.79 Å². The number of para-hydroxylation sites is 1. The molecule has 0 saturated heterocycles. The molecular weight excluding hydrogens is 458 g/mol. The first-order valence-corrected chi connectivity index (χ1v) is 12.3. The van der Waals surface area contributed by atoms with E-state index in [0.717, 1.165) is 42.5 Å². The Kier molecular flexibility index (Phi) is 7.02. The number of nitrogens with zero attached hydrogens (tertiary/aromatic N) is 2. The molecule has 1 aliphatic heterocycles. The normalized spacial score (nSPS) is 16.1. The minimum absolute atomic E-state index is 0.173. The highest BCUT2D eigenvalue weighted by Gasteiger charge is 2.23. The van der Waals surface area contributed by atoms with Crippen molar-refractivity contribution in [3.63, 3.8) is 0 Å². The first-order chi connectivity index (χ1) is 17.6. The van der Waals surface area contributed by atoms with Crippen LogP contribution >= 0.6 is 0 Å². The average Bonchev–Trinajstić information content (AvgIpc) is 3.58. The highest BCUT2D eigenvalue weighted by molar-refractivity contribution is 5.91. The molecule has 2 heterocycles. The smallest absolute Gasteiger partial charge is 0.331 e. The molecule has 186 valence electrons. The van der Waals surface area contributed by atoms with E-state index in [1.807, 2.05) is 54.7 Å². The lowest BCUT2D eigenvalue weighted by Gasteiger charge is -2.18. The Balaban J connectivity index is 1.36. The van der Waals surface area contributed by atoms with Crippen molar-refractivity contribution in [3.05, 3.63) is 66.4 Å². The van der Waals surface area contributed by atoms with Gasteiger partial charge in [0.2, 0.25) is 0 Å². The molecule has 8 nitrogen and oxygen atoms in total. The number of esters is 1. The van der Waals surface area contributed by atoms with E-state index in [9.17, 15) is 9.59 Å². The molecule has 1 aromatic heterocycles. The summed E-state index contributed by atoms with van der Waals surface area (Å²) in [5.41, 5.74) is 3.10. The van der Waals surface area contributed by atoms with Crippen LogP contribution in [0, 0.1) is 0 Å². The Labute approximate surface area is 209 Å². The maximum Gasteiger partial charge on any atom is 0.331 e. The van der Waals surface area contributed by atoms with Gasteiger partial charge in [0, 0.05) is 29.4 Å². The van der Waals surface area contributed by atoms with Crippen LogP contribution in [0.5, 0.6) is 11.5 Å². The zero-order valence-electron chi connectivity index (χ0n) is 20.2. The summed E-state index contributed by atoms with van der Waals surface area (Å²) in [7, 11) is 0. The molecule has 36 heavy (non-hydrogen) atoms. The molecule has 1 N–H and O–H groups in total. The molecule has 1 unspecified atom stereocenters. The van der Waals surface area contributed by atoms with Crippen LogP contribution in [0.3, 0.4) is 0 Å². The fraction of sp³-hybridized carbons (Fsp3) is 0.321. The summed E-state index contributed by atoms with van der Waals surface area (Å²) < 4.78 is 18.5. The minimum atomic E-state index is -0.868. The molecule has 1 aliphatic carbocycles. The third-order valence-corrected chi connectivity index (χ3v) is 6.34. The highest BCUT2D eigenvalue weighted by atomic mass is 16.6. The van der Waals surface area contributed by atoms with Crippen LogP contribution in [-0.2, 0) is 14.3 Å². The van der Waals surface area contributed by atoms with Gasteiger partial charge in [-0.1, -0.05) is 31.0 Å². The minimum Gasteiger partial charge on any atom is -0.486 e. The van der Waals surface area contributed by atoms with E-state index in [0.29, 0.717) is 30.4 Å². The van der Waals surface area contributed by atoms with Gasteiger partial charge in [-0.2, -0.15) is 5.10 Å². The number of carbonyl (C=O) groups is 2. The van der Waals surface area contributed by atoms with Crippen molar-refractivity contribution < 1.29 is 23.8 Å². The quantitative estimate of drug-likeness (QED) is 0.394. The average molecular weight is 488 g/mol. The Morgan fingerprint density at radius 3 is 2.61 bits per heavy atom. The SMILES string of the molecule is CC(OC(=O)C=Cc1cn(-c2ccccc2)nc1-c1ccc2c(c1)OCCO2)C(=O)NC1CCCC1. The largest absolute Gasteiger partial charge is 0.486 e. The van der Waals surface area contributed by atoms with Crippen molar-refractivity contribution >= 4 is 18.0 Å². The van der Waals surface area contributed by atoms with E-state index in [-0.39, 0.29) is 11.9 Å². The summed E-state index contributed by atoms with van der Waals surface area (Å²) in [5, 5.41) is 7.74. The number of benzene rings is 2. The molecule has 0 radical (unpaired) electrons. The molecule has 8 heteroatoms. The second kappa shape index (κ2) is 10.7. The molecule has 2 aliphatic rings. The van der Waals surface area contributed by atoms with E-state index in [2.05, 4.69) is 5.32 Å². The van der Waals surface area contributed by atoms with Crippen LogP contribution in [0.25, 0.3) is 23.0 Å². The molecule has 0 bridgehead atoms. The van der Waals surface area contributed by atoms with Crippen molar-refractivity contribution in [3.8, 4) is 28.4 Å². The Morgan fingerprint density at radius 1 is 1.08 bits per heavy atom. The van der Waals surface area contributed by atoms with Gasteiger partial charge in [-0.15, -0.1) is 0 Å². The Hall–Kier alpha value is -4.07. The third-order valence-electron chi connectivity index (χ3n) is 6.34. The van der Waals surface area contributed by atoms with Crippen molar-refractivity contribution in [2.45, 2.75) is 44.8 Å². The molecule has 0 spiro atoms. The van der Waals surface area contributed by atoms with E-state index < -0.39 is 12.1 Å². The van der Waals surface area contributed by atoms with Gasteiger partial charge < -0.3 is 19.5 Å². The van der Waals surface area contributed by atoms with Gasteiger partial charge in [-0.05, 0) is 56.2 Å². The van der Waals surface area contributed by atoms with Crippen LogP contribution < -0.4 is 14.8 Å². The maximum absolute atomic E-state index is 12.5. The van der Waals surface area contributed by atoms with E-state index >= 15 is 0 Å². The second-order valence-corrected chi connectivity index (χ2v) is 8.97. The molecular formula is C28H29N3O5. The highest BCUT2D eigenvalue weighted by Crippen LogP contribution is 2.35. The number of ether oxygens (including phenoxy) is 3. The topological polar surface area (TPSA) is 91.7 Å². The summed E-state index contributed by atoms with van der Waals surface area (Å²) >= 11 is 0. The lowest BCUT2D eigenvalue weighted by atomic mass is 10.1. The predicted octanol–water partition coefficient (Wildman–Crippen LogP) is 4.31. The van der Waals surface area contributed by atoms with Crippen LogP contribution in [-0.4, -0.2) is 47.0 Å². The number of carbonyl (C=O) groups excluding carboxylic acids is 2. The number of nitrogens with one attached hydrogen (secondary N) is 1. The van der Waals surface area contributed by atoms with Gasteiger partial charge in [0.15, 0.2) is 17.6 Å². The van der Waals surface area contributed by atoms with Gasteiger partial charge in [0.05, 0.1) is 5.69 Å². The van der Waals surface area contributed by atoms with Crippen LogP contribution in [0.4, 0.5) is 0 Å². The number of aromatic nitrogens is 2. The van der Waals surface area contributed by atoms with Gasteiger partial charge in [0.1, 0.15) is 18.9 Å². The van der Waals surface area contributed by atoms with Crippen molar-refractivity contribution in [1.29, 1.82) is 0 Å². The lowest BCUT2D eigenvalue weighted by molar-refractivity contribution is -0.150. The zero-order valence-corrected chi connectivity index (χ0v) is 20.2.